The average molecular weight is 373 g/mol. The van der Waals surface area contributed by atoms with E-state index in [9.17, 15) is 18.0 Å². The highest BCUT2D eigenvalue weighted by molar-refractivity contribution is 7.88. The smallest absolute Gasteiger partial charge is 0.348 e. The van der Waals surface area contributed by atoms with E-state index in [2.05, 4.69) is 4.72 Å². The van der Waals surface area contributed by atoms with Gasteiger partial charge in [0, 0.05) is 11.4 Å². The van der Waals surface area contributed by atoms with Gasteiger partial charge in [0.1, 0.15) is 4.88 Å². The molecule has 23 heavy (non-hydrogen) atoms. The molecular formula is C14H15NO5S3. The number of ketones is 1. The van der Waals surface area contributed by atoms with Crippen molar-refractivity contribution in [3.05, 3.63) is 44.3 Å². The number of hydrogen-bond donors (Lipinski definition) is 1. The van der Waals surface area contributed by atoms with E-state index < -0.39 is 16.0 Å². The average Bonchev–Trinajstić information content (AvgIpc) is 3.14. The summed E-state index contributed by atoms with van der Waals surface area (Å²) in [5.41, 5.74) is 0. The maximum atomic E-state index is 12.0. The molecule has 0 fully saturated rings. The zero-order valence-corrected chi connectivity index (χ0v) is 14.7. The van der Waals surface area contributed by atoms with Gasteiger partial charge in [-0.25, -0.2) is 17.9 Å². The Hall–Kier alpha value is -1.55. The van der Waals surface area contributed by atoms with Crippen molar-refractivity contribution in [1.82, 2.24) is 4.72 Å². The maximum absolute atomic E-state index is 12.0. The molecule has 2 heterocycles. The summed E-state index contributed by atoms with van der Waals surface area (Å²) in [6, 6.07) is 6.79. The number of esters is 1. The Labute approximate surface area is 142 Å². The Kier molecular flexibility index (Phi) is 6.05. The molecule has 0 saturated carbocycles. The van der Waals surface area contributed by atoms with E-state index in [-0.39, 0.29) is 18.9 Å². The second-order valence-electron chi connectivity index (χ2n) is 4.66. The molecule has 0 aliphatic rings. The topological polar surface area (TPSA) is 89.5 Å². The van der Waals surface area contributed by atoms with Crippen molar-refractivity contribution in [2.45, 2.75) is 6.42 Å². The van der Waals surface area contributed by atoms with Crippen LogP contribution in [0.2, 0.25) is 0 Å². The summed E-state index contributed by atoms with van der Waals surface area (Å²) in [6.07, 6.45) is 1.60. The van der Waals surface area contributed by atoms with Crippen LogP contribution in [-0.4, -0.2) is 39.6 Å². The zero-order valence-electron chi connectivity index (χ0n) is 12.3. The van der Waals surface area contributed by atoms with E-state index in [4.69, 9.17) is 4.74 Å². The molecule has 6 nitrogen and oxygen atoms in total. The number of ether oxygens (including phenoxy) is 1. The van der Waals surface area contributed by atoms with Gasteiger partial charge in [0.15, 0.2) is 6.61 Å². The Morgan fingerprint density at radius 2 is 2.00 bits per heavy atom. The molecule has 0 aliphatic carbocycles. The molecule has 0 unspecified atom stereocenters. The van der Waals surface area contributed by atoms with E-state index in [0.717, 1.165) is 11.1 Å². The molecule has 2 rings (SSSR count). The molecule has 0 aromatic carbocycles. The maximum Gasteiger partial charge on any atom is 0.348 e. The first-order valence-electron chi connectivity index (χ1n) is 6.62. The molecule has 0 spiro atoms. The number of rotatable bonds is 8. The molecule has 2 aromatic heterocycles. The van der Waals surface area contributed by atoms with Gasteiger partial charge in [-0.05, 0) is 30.0 Å². The molecule has 124 valence electrons. The summed E-state index contributed by atoms with van der Waals surface area (Å²) in [6.45, 7) is -0.0291. The quantitative estimate of drug-likeness (QED) is 0.564. The standard InChI is InChI=1S/C14H15NO5S3/c1-23(18,19)15-7-6-10-4-5-12(22-10)11(16)9-20-14(17)13-3-2-8-21-13/h2-5,8,15H,6-7,9H2,1H3. The van der Waals surface area contributed by atoms with Crippen LogP contribution in [0.25, 0.3) is 0 Å². The minimum Gasteiger partial charge on any atom is -0.453 e. The molecule has 0 radical (unpaired) electrons. The Morgan fingerprint density at radius 3 is 2.65 bits per heavy atom. The fourth-order valence-electron chi connectivity index (χ4n) is 1.69. The summed E-state index contributed by atoms with van der Waals surface area (Å²) in [5.74, 6) is -0.787. The van der Waals surface area contributed by atoms with E-state index in [1.807, 2.05) is 0 Å². The monoisotopic (exact) mass is 373 g/mol. The molecule has 1 N–H and O–H groups in total. The van der Waals surface area contributed by atoms with Crippen molar-refractivity contribution < 1.29 is 22.7 Å². The van der Waals surface area contributed by atoms with Gasteiger partial charge in [-0.3, -0.25) is 4.79 Å². The number of nitrogens with one attached hydrogen (secondary N) is 1. The highest BCUT2D eigenvalue weighted by Crippen LogP contribution is 2.18. The van der Waals surface area contributed by atoms with Gasteiger partial charge < -0.3 is 4.74 Å². The summed E-state index contributed by atoms with van der Waals surface area (Å²) in [7, 11) is -3.21. The van der Waals surface area contributed by atoms with E-state index in [1.54, 1.807) is 29.6 Å². The molecule has 0 aliphatic heterocycles. The second kappa shape index (κ2) is 7.82. The summed E-state index contributed by atoms with van der Waals surface area (Å²) in [4.78, 5) is 25.5. The van der Waals surface area contributed by atoms with Crippen LogP contribution in [0.5, 0.6) is 0 Å². The number of hydrogen-bond acceptors (Lipinski definition) is 7. The Bertz CT molecular complexity index is 777. The lowest BCUT2D eigenvalue weighted by Gasteiger charge is -2.01. The van der Waals surface area contributed by atoms with Crippen LogP contribution < -0.4 is 4.72 Å². The lowest BCUT2D eigenvalue weighted by Crippen LogP contribution is -2.24. The van der Waals surface area contributed by atoms with Crippen LogP contribution in [-0.2, 0) is 21.2 Å². The number of Topliss-reactive ketones (excluding diaryl/α,β-unsaturated/α-hetero) is 1. The molecule has 0 amide bonds. The molecule has 0 atom stereocenters. The van der Waals surface area contributed by atoms with E-state index in [0.29, 0.717) is 16.2 Å². The third-order valence-corrected chi connectivity index (χ3v) is 5.49. The van der Waals surface area contributed by atoms with Crippen molar-refractivity contribution in [2.75, 3.05) is 19.4 Å². The molecule has 9 heteroatoms. The van der Waals surface area contributed by atoms with Crippen LogP contribution in [0.4, 0.5) is 0 Å². The third kappa shape index (κ3) is 5.87. The second-order valence-corrected chi connectivity index (χ2v) is 8.61. The molecule has 0 bridgehead atoms. The fraction of sp³-hybridized carbons (Fsp3) is 0.286. The van der Waals surface area contributed by atoms with Crippen LogP contribution in [0.3, 0.4) is 0 Å². The summed E-state index contributed by atoms with van der Waals surface area (Å²) < 4.78 is 29.3. The van der Waals surface area contributed by atoms with Gasteiger partial charge in [-0.2, -0.15) is 0 Å². The normalized spacial score (nSPS) is 11.3. The van der Waals surface area contributed by atoms with E-state index >= 15 is 0 Å². The van der Waals surface area contributed by atoms with Gasteiger partial charge in [0.05, 0.1) is 11.1 Å². The van der Waals surface area contributed by atoms with Gasteiger partial charge in [0.2, 0.25) is 15.8 Å². The highest BCUT2D eigenvalue weighted by atomic mass is 32.2. The van der Waals surface area contributed by atoms with Gasteiger partial charge >= 0.3 is 5.97 Å². The number of carbonyl (C=O) groups is 2. The lowest BCUT2D eigenvalue weighted by molar-refractivity contribution is 0.0480. The first-order chi connectivity index (χ1) is 10.8. The molecular weight excluding hydrogens is 358 g/mol. The molecule has 0 saturated heterocycles. The van der Waals surface area contributed by atoms with E-state index in [1.165, 1.54) is 22.7 Å². The zero-order chi connectivity index (χ0) is 16.9. The van der Waals surface area contributed by atoms with Crippen LogP contribution in [0.15, 0.2) is 29.6 Å². The lowest BCUT2D eigenvalue weighted by atomic mass is 10.3. The minimum atomic E-state index is -3.21. The minimum absolute atomic E-state index is 0.276. The fourth-order valence-corrected chi connectivity index (χ4v) is 3.71. The van der Waals surface area contributed by atoms with Gasteiger partial charge in [-0.15, -0.1) is 22.7 Å². The van der Waals surface area contributed by atoms with Crippen molar-refractivity contribution in [3.8, 4) is 0 Å². The summed E-state index contributed by atoms with van der Waals surface area (Å²) >= 11 is 2.52. The van der Waals surface area contributed by atoms with Crippen molar-refractivity contribution >= 4 is 44.4 Å². The highest BCUT2D eigenvalue weighted by Gasteiger charge is 2.14. The number of thiophene rings is 2. The van der Waals surface area contributed by atoms with Crippen molar-refractivity contribution in [1.29, 1.82) is 0 Å². The van der Waals surface area contributed by atoms with Crippen LogP contribution >= 0.6 is 22.7 Å². The van der Waals surface area contributed by atoms with Gasteiger partial charge in [-0.1, -0.05) is 6.07 Å². The number of sulfonamides is 1. The molecule has 2 aromatic rings. The number of carbonyl (C=O) groups excluding carboxylic acids is 2. The Morgan fingerprint density at radius 1 is 1.22 bits per heavy atom. The van der Waals surface area contributed by atoms with Crippen LogP contribution in [0.1, 0.15) is 24.2 Å². The predicted octanol–water partition coefficient (Wildman–Crippen LogP) is 1.94. The van der Waals surface area contributed by atoms with Gasteiger partial charge in [0.25, 0.3) is 0 Å². The first kappa shape index (κ1) is 17.8. The third-order valence-electron chi connectivity index (χ3n) is 2.73. The summed E-state index contributed by atoms with van der Waals surface area (Å²) in [5, 5.41) is 1.76. The predicted molar refractivity (Wildman–Crippen MR) is 89.8 cm³/mol. The Balaban J connectivity index is 1.82. The largest absolute Gasteiger partial charge is 0.453 e. The van der Waals surface area contributed by atoms with Crippen molar-refractivity contribution in [3.63, 3.8) is 0 Å². The SMILES string of the molecule is CS(=O)(=O)NCCc1ccc(C(=O)COC(=O)c2cccs2)s1. The van der Waals surface area contributed by atoms with Crippen LogP contribution in [0, 0.1) is 0 Å². The first-order valence-corrected chi connectivity index (χ1v) is 10.2. The van der Waals surface area contributed by atoms with Crippen molar-refractivity contribution in [2.24, 2.45) is 0 Å².